The number of rotatable bonds is 4. The number of nitrogens with zero attached hydrogens (tertiary/aromatic N) is 3. The SMILES string of the molecule is Cc1cc(/C=C/C(=O)N2CCC(C(=O)N3CCCCCC3)CC2)c(C)n1C1CC1. The zero-order valence-corrected chi connectivity index (χ0v) is 18.0. The molecule has 1 aliphatic carbocycles. The maximum Gasteiger partial charge on any atom is 0.246 e. The second-order valence-corrected chi connectivity index (χ2v) is 9.10. The predicted molar refractivity (Wildman–Crippen MR) is 116 cm³/mol. The number of aromatic nitrogens is 1. The Morgan fingerprint density at radius 3 is 2.17 bits per heavy atom. The number of hydrogen-bond acceptors (Lipinski definition) is 2. The Labute approximate surface area is 174 Å². The first-order valence-electron chi connectivity index (χ1n) is 11.5. The summed E-state index contributed by atoms with van der Waals surface area (Å²) in [6.07, 6.45) is 12.6. The molecule has 1 aromatic heterocycles. The standard InChI is InChI=1S/C24H35N3O2/c1-18-17-21(19(2)27(18)22-8-9-22)7-10-23(28)25-15-11-20(12-16-25)24(29)26-13-5-3-4-6-14-26/h7,10,17,20,22H,3-6,8-9,11-16H2,1-2H3/b10-7+. The van der Waals surface area contributed by atoms with E-state index in [1.165, 1.54) is 37.1 Å². The van der Waals surface area contributed by atoms with Crippen LogP contribution in [0.2, 0.25) is 0 Å². The Hall–Kier alpha value is -2.04. The highest BCUT2D eigenvalue weighted by Crippen LogP contribution is 2.38. The van der Waals surface area contributed by atoms with Gasteiger partial charge in [0.05, 0.1) is 0 Å². The lowest BCUT2D eigenvalue weighted by atomic mass is 9.95. The Bertz CT molecular complexity index is 774. The molecule has 0 bridgehead atoms. The number of piperidine rings is 1. The quantitative estimate of drug-likeness (QED) is 0.718. The molecular formula is C24H35N3O2. The molecule has 3 heterocycles. The highest BCUT2D eigenvalue weighted by atomic mass is 16.2. The molecule has 2 amide bonds. The first-order valence-corrected chi connectivity index (χ1v) is 11.5. The summed E-state index contributed by atoms with van der Waals surface area (Å²) in [6, 6.07) is 2.84. The van der Waals surface area contributed by atoms with Gasteiger partial charge in [0, 0.05) is 55.6 Å². The lowest BCUT2D eigenvalue weighted by molar-refractivity contribution is -0.139. The molecule has 0 aromatic carbocycles. The lowest BCUT2D eigenvalue weighted by Crippen LogP contribution is -2.44. The Kier molecular flexibility index (Phi) is 6.12. The number of aryl methyl sites for hydroxylation is 1. The molecule has 0 atom stereocenters. The largest absolute Gasteiger partial charge is 0.346 e. The number of hydrogen-bond donors (Lipinski definition) is 0. The third-order valence-corrected chi connectivity index (χ3v) is 6.91. The summed E-state index contributed by atoms with van der Waals surface area (Å²) in [4.78, 5) is 29.5. The van der Waals surface area contributed by atoms with Crippen LogP contribution in [0, 0.1) is 19.8 Å². The molecule has 3 aliphatic rings. The molecule has 1 aromatic rings. The Morgan fingerprint density at radius 1 is 0.897 bits per heavy atom. The smallest absolute Gasteiger partial charge is 0.246 e. The van der Waals surface area contributed by atoms with Crippen LogP contribution in [0.5, 0.6) is 0 Å². The van der Waals surface area contributed by atoms with Crippen molar-refractivity contribution in [3.8, 4) is 0 Å². The molecule has 0 radical (unpaired) electrons. The van der Waals surface area contributed by atoms with Crippen molar-refractivity contribution in [3.63, 3.8) is 0 Å². The van der Waals surface area contributed by atoms with Crippen LogP contribution in [0.15, 0.2) is 12.1 Å². The molecule has 158 valence electrons. The van der Waals surface area contributed by atoms with Crippen LogP contribution in [0.4, 0.5) is 0 Å². The summed E-state index contributed by atoms with van der Waals surface area (Å²) in [5.41, 5.74) is 3.69. The lowest BCUT2D eigenvalue weighted by Gasteiger charge is -2.33. The maximum atomic E-state index is 12.8. The van der Waals surface area contributed by atoms with Crippen molar-refractivity contribution in [1.29, 1.82) is 0 Å². The second-order valence-electron chi connectivity index (χ2n) is 9.10. The van der Waals surface area contributed by atoms with Gasteiger partial charge >= 0.3 is 0 Å². The summed E-state index contributed by atoms with van der Waals surface area (Å²) in [6.45, 7) is 7.51. The monoisotopic (exact) mass is 397 g/mol. The van der Waals surface area contributed by atoms with E-state index in [-0.39, 0.29) is 11.8 Å². The van der Waals surface area contributed by atoms with E-state index in [0.717, 1.165) is 44.3 Å². The molecule has 0 spiro atoms. The van der Waals surface area contributed by atoms with Gasteiger partial charge in [-0.25, -0.2) is 0 Å². The maximum absolute atomic E-state index is 12.8. The highest BCUT2D eigenvalue weighted by Gasteiger charge is 2.30. The molecule has 2 saturated heterocycles. The minimum Gasteiger partial charge on any atom is -0.346 e. The highest BCUT2D eigenvalue weighted by molar-refractivity contribution is 5.92. The van der Waals surface area contributed by atoms with E-state index in [9.17, 15) is 9.59 Å². The number of likely N-dealkylation sites (tertiary alicyclic amines) is 2. The third-order valence-electron chi connectivity index (χ3n) is 6.91. The molecule has 29 heavy (non-hydrogen) atoms. The van der Waals surface area contributed by atoms with Gasteiger partial charge in [0.1, 0.15) is 0 Å². The van der Waals surface area contributed by atoms with Crippen LogP contribution < -0.4 is 0 Å². The minimum atomic E-state index is 0.0712. The molecule has 3 fully saturated rings. The van der Waals surface area contributed by atoms with Gasteiger partial charge in [0.25, 0.3) is 0 Å². The van der Waals surface area contributed by atoms with Crippen LogP contribution in [0.25, 0.3) is 6.08 Å². The average Bonchev–Trinajstić information content (AvgIpc) is 3.55. The van der Waals surface area contributed by atoms with Gasteiger partial charge in [-0.3, -0.25) is 9.59 Å². The summed E-state index contributed by atoms with van der Waals surface area (Å²) in [5.74, 6) is 0.488. The number of carbonyl (C=O) groups excluding carboxylic acids is 2. The van der Waals surface area contributed by atoms with Crippen molar-refractivity contribution < 1.29 is 9.59 Å². The van der Waals surface area contributed by atoms with Gasteiger partial charge in [-0.15, -0.1) is 0 Å². The van der Waals surface area contributed by atoms with Gasteiger partial charge in [0.2, 0.25) is 11.8 Å². The first-order chi connectivity index (χ1) is 14.0. The number of carbonyl (C=O) groups is 2. The van der Waals surface area contributed by atoms with Crippen LogP contribution in [0.1, 0.15) is 74.4 Å². The van der Waals surface area contributed by atoms with Crippen molar-refractivity contribution in [1.82, 2.24) is 14.4 Å². The molecule has 4 rings (SSSR count). The van der Waals surface area contributed by atoms with Gasteiger partial charge in [-0.05, 0) is 70.1 Å². The fourth-order valence-electron chi connectivity index (χ4n) is 5.03. The Morgan fingerprint density at radius 2 is 1.55 bits per heavy atom. The molecule has 5 heteroatoms. The van der Waals surface area contributed by atoms with Crippen LogP contribution in [-0.2, 0) is 9.59 Å². The van der Waals surface area contributed by atoms with Gasteiger partial charge < -0.3 is 14.4 Å². The van der Waals surface area contributed by atoms with E-state index in [1.807, 2.05) is 11.0 Å². The zero-order valence-electron chi connectivity index (χ0n) is 18.0. The van der Waals surface area contributed by atoms with Gasteiger partial charge in [-0.2, -0.15) is 0 Å². The van der Waals surface area contributed by atoms with E-state index in [1.54, 1.807) is 6.08 Å². The van der Waals surface area contributed by atoms with Crippen molar-refractivity contribution >= 4 is 17.9 Å². The topological polar surface area (TPSA) is 45.6 Å². The molecule has 0 N–H and O–H groups in total. The van der Waals surface area contributed by atoms with Crippen LogP contribution in [0.3, 0.4) is 0 Å². The number of amides is 2. The van der Waals surface area contributed by atoms with E-state index in [4.69, 9.17) is 0 Å². The molecule has 1 saturated carbocycles. The minimum absolute atomic E-state index is 0.0712. The zero-order chi connectivity index (χ0) is 20.4. The van der Waals surface area contributed by atoms with E-state index in [0.29, 0.717) is 25.0 Å². The first kappa shape index (κ1) is 20.2. The predicted octanol–water partition coefficient (Wildman–Crippen LogP) is 4.09. The summed E-state index contributed by atoms with van der Waals surface area (Å²) in [7, 11) is 0. The van der Waals surface area contributed by atoms with Gasteiger partial charge in [-0.1, -0.05) is 12.8 Å². The summed E-state index contributed by atoms with van der Waals surface area (Å²) < 4.78 is 2.41. The average molecular weight is 398 g/mol. The molecule has 2 aliphatic heterocycles. The van der Waals surface area contributed by atoms with Crippen molar-refractivity contribution in [2.75, 3.05) is 26.2 Å². The fourth-order valence-corrected chi connectivity index (χ4v) is 5.03. The van der Waals surface area contributed by atoms with Gasteiger partial charge in [0.15, 0.2) is 0 Å². The molecule has 0 unspecified atom stereocenters. The second kappa shape index (κ2) is 8.76. The fraction of sp³-hybridized carbons (Fsp3) is 0.667. The summed E-state index contributed by atoms with van der Waals surface area (Å²) in [5, 5.41) is 0. The van der Waals surface area contributed by atoms with E-state index in [2.05, 4.69) is 29.4 Å². The van der Waals surface area contributed by atoms with Crippen molar-refractivity contribution in [2.24, 2.45) is 5.92 Å². The normalized spacial score (nSPS) is 21.6. The summed E-state index contributed by atoms with van der Waals surface area (Å²) >= 11 is 0. The van der Waals surface area contributed by atoms with E-state index < -0.39 is 0 Å². The third kappa shape index (κ3) is 4.59. The van der Waals surface area contributed by atoms with Crippen LogP contribution >= 0.6 is 0 Å². The van der Waals surface area contributed by atoms with Crippen molar-refractivity contribution in [3.05, 3.63) is 29.1 Å². The molecule has 5 nitrogen and oxygen atoms in total. The van der Waals surface area contributed by atoms with Crippen molar-refractivity contribution in [2.45, 2.75) is 71.3 Å². The van der Waals surface area contributed by atoms with Crippen LogP contribution in [-0.4, -0.2) is 52.4 Å². The van der Waals surface area contributed by atoms with E-state index >= 15 is 0 Å². The Balaban J connectivity index is 1.30. The molecular weight excluding hydrogens is 362 g/mol.